The number of hydrogen-bond donors (Lipinski definition) is 1. The summed E-state index contributed by atoms with van der Waals surface area (Å²) in [6, 6.07) is 18.8. The molecule has 37 heavy (non-hydrogen) atoms. The highest BCUT2D eigenvalue weighted by atomic mass is 35.5. The van der Waals surface area contributed by atoms with Gasteiger partial charge in [0.1, 0.15) is 6.04 Å². The molecule has 0 unspecified atom stereocenters. The van der Waals surface area contributed by atoms with E-state index in [2.05, 4.69) is 10.5 Å². The second-order valence-electron chi connectivity index (χ2n) is 7.99. The Hall–Kier alpha value is -2.80. The van der Waals surface area contributed by atoms with E-state index in [0.29, 0.717) is 15.6 Å². The molecule has 1 aliphatic rings. The van der Waals surface area contributed by atoms with Gasteiger partial charge in [0.2, 0.25) is 20.0 Å². The van der Waals surface area contributed by atoms with Crippen molar-refractivity contribution in [3.8, 4) is 0 Å². The van der Waals surface area contributed by atoms with Crippen molar-refractivity contribution in [2.75, 3.05) is 19.6 Å². The van der Waals surface area contributed by atoms with Gasteiger partial charge in [-0.05, 0) is 36.4 Å². The summed E-state index contributed by atoms with van der Waals surface area (Å²) in [5.74, 6) is -0.813. The van der Waals surface area contributed by atoms with Crippen LogP contribution >= 0.6 is 23.2 Å². The molecule has 0 aromatic heterocycles. The maximum Gasteiger partial charge on any atom is 0.259 e. The van der Waals surface area contributed by atoms with Crippen LogP contribution in [0.15, 0.2) is 93.8 Å². The summed E-state index contributed by atoms with van der Waals surface area (Å²) in [5, 5.41) is 4.49. The summed E-state index contributed by atoms with van der Waals surface area (Å²) in [4.78, 5) is 13.3. The van der Waals surface area contributed by atoms with Crippen molar-refractivity contribution in [3.63, 3.8) is 0 Å². The Morgan fingerprint density at radius 3 is 1.92 bits per heavy atom. The minimum atomic E-state index is -4.12. The van der Waals surface area contributed by atoms with Crippen LogP contribution in [0.4, 0.5) is 0 Å². The van der Waals surface area contributed by atoms with Gasteiger partial charge in [0.25, 0.3) is 5.91 Å². The average molecular weight is 582 g/mol. The third-order valence-electron chi connectivity index (χ3n) is 5.70. The third kappa shape index (κ3) is 5.87. The minimum absolute atomic E-state index is 0.0153. The largest absolute Gasteiger partial charge is 0.271 e. The molecule has 1 atom stereocenters. The maximum absolute atomic E-state index is 13.4. The zero-order valence-corrected chi connectivity index (χ0v) is 22.4. The van der Waals surface area contributed by atoms with E-state index >= 15 is 0 Å². The average Bonchev–Trinajstić information content (AvgIpc) is 2.91. The van der Waals surface area contributed by atoms with Crippen molar-refractivity contribution < 1.29 is 21.6 Å². The fourth-order valence-corrected chi connectivity index (χ4v) is 7.34. The second-order valence-corrected chi connectivity index (χ2v) is 12.6. The molecule has 1 saturated heterocycles. The lowest BCUT2D eigenvalue weighted by atomic mass is 10.2. The zero-order valence-electron chi connectivity index (χ0n) is 19.2. The Morgan fingerprint density at radius 2 is 1.35 bits per heavy atom. The van der Waals surface area contributed by atoms with Crippen LogP contribution in [0.3, 0.4) is 0 Å². The standard InChI is InChI=1S/C24H22Cl2N4O5S2/c25-21-12-7-13-22(26)20(21)16-27-28-24(31)23-17-29(36(32,33)18-8-3-1-4-9-18)14-15-30(23)37(34,35)19-10-5-2-6-11-19/h1-13,16,23H,14-15,17H2,(H,28,31)/b27-16-/t23-/m1/s1. The van der Waals surface area contributed by atoms with Gasteiger partial charge in [-0.1, -0.05) is 65.7 Å². The second kappa shape index (κ2) is 11.3. The first kappa shape index (κ1) is 27.2. The molecule has 3 aromatic carbocycles. The van der Waals surface area contributed by atoms with Gasteiger partial charge in [-0.25, -0.2) is 22.3 Å². The Bertz CT molecular complexity index is 1500. The van der Waals surface area contributed by atoms with Crippen molar-refractivity contribution >= 4 is 55.4 Å². The van der Waals surface area contributed by atoms with Crippen LogP contribution in [-0.4, -0.2) is 63.2 Å². The van der Waals surface area contributed by atoms with E-state index in [0.717, 1.165) is 8.61 Å². The molecule has 0 aliphatic carbocycles. The third-order valence-corrected chi connectivity index (χ3v) is 10.2. The van der Waals surface area contributed by atoms with Crippen molar-refractivity contribution in [1.82, 2.24) is 14.0 Å². The predicted octanol–water partition coefficient (Wildman–Crippen LogP) is 3.21. The fraction of sp³-hybridized carbons (Fsp3) is 0.167. The molecule has 0 radical (unpaired) electrons. The number of hydrazone groups is 1. The van der Waals surface area contributed by atoms with E-state index in [-0.39, 0.29) is 22.9 Å². The summed E-state index contributed by atoms with van der Waals surface area (Å²) in [6.45, 7) is -0.773. The van der Waals surface area contributed by atoms with Gasteiger partial charge in [-0.2, -0.15) is 13.7 Å². The molecule has 1 amide bonds. The minimum Gasteiger partial charge on any atom is -0.271 e. The molecule has 9 nitrogen and oxygen atoms in total. The SMILES string of the molecule is O=C(N/N=C\c1c(Cl)cccc1Cl)[C@H]1CN(S(=O)(=O)c2ccccc2)CCN1S(=O)(=O)c1ccccc1. The highest BCUT2D eigenvalue weighted by molar-refractivity contribution is 7.89. The molecule has 1 N–H and O–H groups in total. The first-order valence-corrected chi connectivity index (χ1v) is 14.6. The van der Waals surface area contributed by atoms with Gasteiger partial charge in [0, 0.05) is 25.2 Å². The molecule has 194 valence electrons. The topological polar surface area (TPSA) is 116 Å². The number of halogens is 2. The Morgan fingerprint density at radius 1 is 0.811 bits per heavy atom. The van der Waals surface area contributed by atoms with Crippen LogP contribution in [-0.2, 0) is 24.8 Å². The number of hydrogen-bond acceptors (Lipinski definition) is 6. The van der Waals surface area contributed by atoms with Crippen molar-refractivity contribution in [2.24, 2.45) is 5.10 Å². The lowest BCUT2D eigenvalue weighted by Gasteiger charge is -2.38. The Labute approximate surface area is 225 Å². The number of carbonyl (C=O) groups excluding carboxylic acids is 1. The molecule has 13 heteroatoms. The van der Waals surface area contributed by atoms with E-state index in [1.807, 2.05) is 0 Å². The van der Waals surface area contributed by atoms with E-state index in [1.54, 1.807) is 54.6 Å². The number of rotatable bonds is 7. The molecular formula is C24H22Cl2N4O5S2. The summed E-state index contributed by atoms with van der Waals surface area (Å²) >= 11 is 12.2. The lowest BCUT2D eigenvalue weighted by molar-refractivity contribution is -0.125. The molecular weight excluding hydrogens is 559 g/mol. The molecule has 0 bridgehead atoms. The number of carbonyl (C=O) groups is 1. The van der Waals surface area contributed by atoms with Crippen LogP contribution in [0.25, 0.3) is 0 Å². The number of amides is 1. The Balaban J connectivity index is 1.64. The first-order valence-electron chi connectivity index (χ1n) is 11.0. The van der Waals surface area contributed by atoms with Gasteiger partial charge in [-0.3, -0.25) is 4.79 Å². The quantitative estimate of drug-likeness (QED) is 0.340. The molecule has 3 aromatic rings. The number of nitrogens with zero attached hydrogens (tertiary/aromatic N) is 3. The number of benzene rings is 3. The van der Waals surface area contributed by atoms with Crippen LogP contribution in [0, 0.1) is 0 Å². The fourth-order valence-electron chi connectivity index (χ4n) is 3.80. The summed E-state index contributed by atoms with van der Waals surface area (Å²) < 4.78 is 55.4. The number of sulfonamides is 2. The van der Waals surface area contributed by atoms with Crippen molar-refractivity contribution in [1.29, 1.82) is 0 Å². The lowest BCUT2D eigenvalue weighted by Crippen LogP contribution is -2.60. The molecule has 0 saturated carbocycles. The summed E-state index contributed by atoms with van der Waals surface area (Å²) in [7, 11) is -8.10. The van der Waals surface area contributed by atoms with Crippen LogP contribution in [0.1, 0.15) is 5.56 Å². The van der Waals surface area contributed by atoms with E-state index < -0.39 is 38.5 Å². The van der Waals surface area contributed by atoms with Gasteiger partial charge in [0.15, 0.2) is 0 Å². The first-order chi connectivity index (χ1) is 17.6. The van der Waals surface area contributed by atoms with Gasteiger partial charge < -0.3 is 0 Å². The number of nitrogens with one attached hydrogen (secondary N) is 1. The van der Waals surface area contributed by atoms with E-state index in [4.69, 9.17) is 23.2 Å². The highest BCUT2D eigenvalue weighted by Crippen LogP contribution is 2.26. The molecule has 1 heterocycles. The monoisotopic (exact) mass is 580 g/mol. The highest BCUT2D eigenvalue weighted by Gasteiger charge is 2.43. The van der Waals surface area contributed by atoms with Gasteiger partial charge >= 0.3 is 0 Å². The summed E-state index contributed by atoms with van der Waals surface area (Å²) in [6.07, 6.45) is 1.24. The Kier molecular flexibility index (Phi) is 8.32. The van der Waals surface area contributed by atoms with Crippen LogP contribution < -0.4 is 5.43 Å². The number of piperazine rings is 1. The van der Waals surface area contributed by atoms with Crippen LogP contribution in [0.2, 0.25) is 10.0 Å². The molecule has 4 rings (SSSR count). The van der Waals surface area contributed by atoms with Crippen molar-refractivity contribution in [2.45, 2.75) is 15.8 Å². The van der Waals surface area contributed by atoms with Crippen LogP contribution in [0.5, 0.6) is 0 Å². The maximum atomic E-state index is 13.4. The normalized spacial score (nSPS) is 17.6. The molecule has 1 aliphatic heterocycles. The van der Waals surface area contributed by atoms with Gasteiger partial charge in [-0.15, -0.1) is 0 Å². The predicted molar refractivity (Wildman–Crippen MR) is 142 cm³/mol. The van der Waals surface area contributed by atoms with E-state index in [1.165, 1.54) is 30.5 Å². The van der Waals surface area contributed by atoms with Gasteiger partial charge in [0.05, 0.1) is 26.1 Å². The molecule has 0 spiro atoms. The smallest absolute Gasteiger partial charge is 0.259 e. The zero-order chi connectivity index (χ0) is 26.6. The van der Waals surface area contributed by atoms with E-state index in [9.17, 15) is 21.6 Å². The molecule has 1 fully saturated rings. The summed E-state index contributed by atoms with van der Waals surface area (Å²) in [5.41, 5.74) is 2.66. The van der Waals surface area contributed by atoms with Crippen molar-refractivity contribution in [3.05, 3.63) is 94.5 Å².